The second-order valence-corrected chi connectivity index (χ2v) is 8.38. The number of aliphatic hydroxyl groups excluding tert-OH is 2. The van der Waals surface area contributed by atoms with Crippen LogP contribution in [-0.4, -0.2) is 57.7 Å². The molecule has 0 radical (unpaired) electrons. The molecule has 3 aliphatic heterocycles. The molecule has 0 aliphatic carbocycles. The first kappa shape index (κ1) is 20.4. The summed E-state index contributed by atoms with van der Waals surface area (Å²) in [5, 5.41) is 22.6. The number of rotatable bonds is 4. The third kappa shape index (κ3) is 3.82. The van der Waals surface area contributed by atoms with Crippen molar-refractivity contribution in [3.05, 3.63) is 47.4 Å². The Hall–Kier alpha value is -2.46. The molecule has 1 aromatic heterocycles. The smallest absolute Gasteiger partial charge is 0.164 e. The largest absolute Gasteiger partial charge is 0.388 e. The summed E-state index contributed by atoms with van der Waals surface area (Å²) in [4.78, 5) is 4.66. The fourth-order valence-corrected chi connectivity index (χ4v) is 4.59. The maximum Gasteiger partial charge on any atom is 0.164 e. The number of hydrogen-bond acceptors (Lipinski definition) is 7. The molecule has 0 spiro atoms. The summed E-state index contributed by atoms with van der Waals surface area (Å²) in [6.45, 7) is 3.73. The van der Waals surface area contributed by atoms with Crippen molar-refractivity contribution in [3.63, 3.8) is 0 Å². The topological polar surface area (TPSA) is 91.5 Å². The van der Waals surface area contributed by atoms with Crippen LogP contribution in [0, 0.1) is 5.82 Å². The zero-order valence-electron chi connectivity index (χ0n) is 17.3. The Morgan fingerprint density at radius 1 is 1.13 bits per heavy atom. The lowest BCUT2D eigenvalue weighted by atomic mass is 9.90. The second-order valence-electron chi connectivity index (χ2n) is 8.38. The number of hydrogen-bond donors (Lipinski definition) is 3. The number of ether oxygens (including phenoxy) is 2. The Bertz CT molecular complexity index is 957. The summed E-state index contributed by atoms with van der Waals surface area (Å²) in [6.07, 6.45) is 2.39. The molecule has 9 heteroatoms. The first-order chi connectivity index (χ1) is 15.0. The van der Waals surface area contributed by atoms with Crippen molar-refractivity contribution >= 4 is 17.8 Å². The van der Waals surface area contributed by atoms with Gasteiger partial charge in [-0.2, -0.15) is 0 Å². The standard InChI is InChI=1S/C22H27FN4O4/c1-13-19(28)20(29)22(31-13)27-11-17(14-6-8-30-9-7-14)18-10-26(12-24-21(18)27)25-16-4-2-15(23)3-5-16/h2-5,11-14,19-20,22,25,28-29H,6-10H2,1H3/t13-,19-,20-,22-/m1/s1. The van der Waals surface area contributed by atoms with Crippen LogP contribution in [-0.2, 0) is 16.0 Å². The van der Waals surface area contributed by atoms with Gasteiger partial charge in [-0.25, -0.2) is 9.38 Å². The average Bonchev–Trinajstić information content (AvgIpc) is 3.28. The quantitative estimate of drug-likeness (QED) is 0.691. The zero-order valence-corrected chi connectivity index (χ0v) is 17.3. The highest BCUT2D eigenvalue weighted by atomic mass is 19.1. The van der Waals surface area contributed by atoms with Gasteiger partial charge in [0.15, 0.2) is 6.23 Å². The second kappa shape index (κ2) is 8.23. The minimum atomic E-state index is -1.03. The van der Waals surface area contributed by atoms with Gasteiger partial charge in [0.2, 0.25) is 0 Å². The lowest BCUT2D eigenvalue weighted by molar-refractivity contribution is -0.0310. The molecule has 2 fully saturated rings. The SMILES string of the molecule is C[C@H]1O[C@@H](n2cc(C3CCOCC3)c3c2N=CN(Nc2ccc(F)cc2)C3)[C@H](O)[C@@H]1O. The molecule has 31 heavy (non-hydrogen) atoms. The predicted octanol–water partition coefficient (Wildman–Crippen LogP) is 2.66. The van der Waals surface area contributed by atoms with Gasteiger partial charge in [0.1, 0.15) is 30.2 Å². The third-order valence-electron chi connectivity index (χ3n) is 6.32. The van der Waals surface area contributed by atoms with Gasteiger partial charge < -0.3 is 24.3 Å². The van der Waals surface area contributed by atoms with Crippen LogP contribution < -0.4 is 5.43 Å². The summed E-state index contributed by atoms with van der Waals surface area (Å²) in [5.74, 6) is 0.764. The fraction of sp³-hybridized carbons (Fsp3) is 0.500. The maximum absolute atomic E-state index is 13.2. The van der Waals surface area contributed by atoms with E-state index in [1.165, 1.54) is 12.1 Å². The highest BCUT2D eigenvalue weighted by Gasteiger charge is 2.43. The molecule has 0 unspecified atom stereocenters. The number of hydrazine groups is 1. The van der Waals surface area contributed by atoms with E-state index in [4.69, 9.17) is 9.47 Å². The number of aliphatic imine (C=N–C) groups is 1. The number of nitrogens with zero attached hydrogens (tertiary/aromatic N) is 3. The number of anilines is 1. The van der Waals surface area contributed by atoms with E-state index in [2.05, 4.69) is 10.4 Å². The number of aromatic nitrogens is 1. The van der Waals surface area contributed by atoms with Crippen LogP contribution in [0.25, 0.3) is 0 Å². The van der Waals surface area contributed by atoms with Gasteiger partial charge in [-0.1, -0.05) is 0 Å². The molecule has 0 amide bonds. The van der Waals surface area contributed by atoms with Gasteiger partial charge in [0.25, 0.3) is 0 Å². The van der Waals surface area contributed by atoms with Crippen LogP contribution >= 0.6 is 0 Å². The first-order valence-electron chi connectivity index (χ1n) is 10.7. The van der Waals surface area contributed by atoms with Crippen LogP contribution in [0.15, 0.2) is 35.5 Å². The summed E-state index contributed by atoms with van der Waals surface area (Å²) in [6, 6.07) is 6.16. The molecule has 2 saturated heterocycles. The van der Waals surface area contributed by atoms with Crippen molar-refractivity contribution in [2.75, 3.05) is 18.6 Å². The van der Waals surface area contributed by atoms with Gasteiger partial charge in [0.05, 0.1) is 18.3 Å². The third-order valence-corrected chi connectivity index (χ3v) is 6.32. The molecule has 1 aromatic carbocycles. The molecule has 4 heterocycles. The minimum absolute atomic E-state index is 0.287. The molecule has 3 aliphatic rings. The summed E-state index contributed by atoms with van der Waals surface area (Å²) < 4.78 is 26.5. The van der Waals surface area contributed by atoms with Crippen molar-refractivity contribution in [2.45, 2.75) is 56.8 Å². The van der Waals surface area contributed by atoms with Crippen LogP contribution in [0.2, 0.25) is 0 Å². The summed E-state index contributed by atoms with van der Waals surface area (Å²) in [7, 11) is 0. The van der Waals surface area contributed by atoms with E-state index < -0.39 is 24.5 Å². The average molecular weight is 430 g/mol. The van der Waals surface area contributed by atoms with Gasteiger partial charge in [-0.3, -0.25) is 10.4 Å². The first-order valence-corrected chi connectivity index (χ1v) is 10.7. The van der Waals surface area contributed by atoms with Gasteiger partial charge in [0, 0.05) is 25.0 Å². The van der Waals surface area contributed by atoms with Crippen molar-refractivity contribution < 1.29 is 24.1 Å². The molecule has 3 N–H and O–H groups in total. The van der Waals surface area contributed by atoms with Crippen LogP contribution in [0.3, 0.4) is 0 Å². The summed E-state index contributed by atoms with van der Waals surface area (Å²) >= 11 is 0. The highest BCUT2D eigenvalue weighted by Crippen LogP contribution is 2.42. The lowest BCUT2D eigenvalue weighted by Crippen LogP contribution is -2.31. The van der Waals surface area contributed by atoms with E-state index >= 15 is 0 Å². The van der Waals surface area contributed by atoms with Crippen molar-refractivity contribution in [3.8, 4) is 0 Å². The van der Waals surface area contributed by atoms with E-state index in [9.17, 15) is 14.6 Å². The Balaban J connectivity index is 1.47. The van der Waals surface area contributed by atoms with Gasteiger partial charge >= 0.3 is 0 Å². The van der Waals surface area contributed by atoms with E-state index in [1.807, 2.05) is 15.8 Å². The molecule has 8 nitrogen and oxygen atoms in total. The Morgan fingerprint density at radius 2 is 1.87 bits per heavy atom. The number of benzene rings is 1. The predicted molar refractivity (Wildman–Crippen MR) is 113 cm³/mol. The minimum Gasteiger partial charge on any atom is -0.388 e. The normalized spacial score (nSPS) is 28.7. The number of fused-ring (bicyclic) bond motifs is 1. The fourth-order valence-electron chi connectivity index (χ4n) is 4.59. The van der Waals surface area contributed by atoms with Gasteiger partial charge in [-0.05, 0) is 55.5 Å². The van der Waals surface area contributed by atoms with Crippen LogP contribution in [0.4, 0.5) is 15.9 Å². The highest BCUT2D eigenvalue weighted by molar-refractivity contribution is 5.69. The van der Waals surface area contributed by atoms with Crippen molar-refractivity contribution in [1.82, 2.24) is 9.58 Å². The van der Waals surface area contributed by atoms with Crippen molar-refractivity contribution in [2.24, 2.45) is 4.99 Å². The van der Waals surface area contributed by atoms with Crippen LogP contribution in [0.1, 0.15) is 43.0 Å². The number of aliphatic hydroxyl groups is 2. The van der Waals surface area contributed by atoms with Crippen molar-refractivity contribution in [1.29, 1.82) is 0 Å². The lowest BCUT2D eigenvalue weighted by Gasteiger charge is -2.28. The molecule has 166 valence electrons. The Labute approximate surface area is 179 Å². The Kier molecular flexibility index (Phi) is 5.43. The molecule has 0 bridgehead atoms. The van der Waals surface area contributed by atoms with E-state index in [0.717, 1.165) is 35.5 Å². The molecular formula is C22H27FN4O4. The molecular weight excluding hydrogens is 403 g/mol. The monoisotopic (exact) mass is 430 g/mol. The Morgan fingerprint density at radius 3 is 2.55 bits per heavy atom. The van der Waals surface area contributed by atoms with Gasteiger partial charge in [-0.15, -0.1) is 0 Å². The van der Waals surface area contributed by atoms with E-state index in [1.54, 1.807) is 25.4 Å². The molecule has 0 saturated carbocycles. The van der Waals surface area contributed by atoms with E-state index in [0.29, 0.717) is 25.7 Å². The molecule has 2 aromatic rings. The maximum atomic E-state index is 13.2. The molecule has 4 atom stereocenters. The zero-order chi connectivity index (χ0) is 21.5. The van der Waals surface area contributed by atoms with E-state index in [-0.39, 0.29) is 5.82 Å². The molecule has 5 rings (SSSR count). The van der Waals surface area contributed by atoms with Crippen LogP contribution in [0.5, 0.6) is 0 Å². The number of nitrogens with one attached hydrogen (secondary N) is 1. The summed E-state index contributed by atoms with van der Waals surface area (Å²) in [5.41, 5.74) is 6.21. The number of halogens is 1.